The predicted molar refractivity (Wildman–Crippen MR) is 184 cm³/mol. The maximum absolute atomic E-state index is 14.8. The molecule has 55 heavy (non-hydrogen) atoms. The molecule has 2 aromatic heterocycles. The van der Waals surface area contributed by atoms with Gasteiger partial charge in [-0.25, -0.2) is 23.5 Å². The highest BCUT2D eigenvalue weighted by molar-refractivity contribution is 6.00. The Balaban J connectivity index is 1.23. The zero-order valence-corrected chi connectivity index (χ0v) is 30.5. The number of fused-ring (bicyclic) bond motifs is 3. The fraction of sp³-hybridized carbons (Fsp3) is 0.641. The molecule has 4 fully saturated rings. The number of carbonyl (C=O) groups is 2. The van der Waals surface area contributed by atoms with E-state index >= 15 is 0 Å². The van der Waals surface area contributed by atoms with Crippen molar-refractivity contribution in [2.24, 2.45) is 29.6 Å². The number of carboxylic acids is 1. The first-order valence-corrected chi connectivity index (χ1v) is 19.0. The third kappa shape index (κ3) is 7.62. The van der Waals surface area contributed by atoms with Gasteiger partial charge in [0.25, 0.3) is 5.91 Å². The van der Waals surface area contributed by atoms with Gasteiger partial charge < -0.3 is 19.7 Å². The minimum absolute atomic E-state index is 0.0702. The Morgan fingerprint density at radius 2 is 1.64 bits per heavy atom. The first-order chi connectivity index (χ1) is 25.7. The minimum Gasteiger partial charge on any atom is -0.490 e. The van der Waals surface area contributed by atoms with Gasteiger partial charge in [0, 0.05) is 48.3 Å². The van der Waals surface area contributed by atoms with Crippen molar-refractivity contribution in [3.63, 3.8) is 0 Å². The van der Waals surface area contributed by atoms with E-state index in [2.05, 4.69) is 15.3 Å². The van der Waals surface area contributed by atoms with Crippen LogP contribution in [-0.4, -0.2) is 55.3 Å². The molecule has 0 saturated heterocycles. The van der Waals surface area contributed by atoms with E-state index in [0.29, 0.717) is 35.9 Å². The molecule has 7 rings (SSSR count). The van der Waals surface area contributed by atoms with Crippen LogP contribution >= 0.6 is 0 Å². The lowest BCUT2D eigenvalue weighted by Crippen LogP contribution is -2.66. The Bertz CT molecular complexity index is 1920. The number of aromatic nitrogens is 3. The Labute approximate surface area is 312 Å². The number of halogens is 8. The number of carbonyl (C=O) groups excluding carboxylic acids is 1. The number of aliphatic carboxylic acids is 1. The van der Waals surface area contributed by atoms with Crippen LogP contribution in [0.1, 0.15) is 113 Å². The highest BCUT2D eigenvalue weighted by atomic mass is 19.4. The van der Waals surface area contributed by atoms with E-state index < -0.39 is 95.5 Å². The summed E-state index contributed by atoms with van der Waals surface area (Å²) in [6.45, 7) is 3.70. The Hall–Kier alpha value is -3.98. The molecule has 2 N–H and O–H groups in total. The quantitative estimate of drug-likeness (QED) is 0.231. The van der Waals surface area contributed by atoms with Crippen molar-refractivity contribution in [2.45, 2.75) is 127 Å². The van der Waals surface area contributed by atoms with Gasteiger partial charge in [0.05, 0.1) is 23.1 Å². The lowest BCUT2D eigenvalue weighted by molar-refractivity contribution is -0.185. The Morgan fingerprint density at radius 3 is 2.27 bits per heavy atom. The number of nitrogens with zero attached hydrogens (tertiary/aromatic N) is 3. The van der Waals surface area contributed by atoms with Crippen LogP contribution in [-0.2, 0) is 11.0 Å². The number of nitrogens with one attached hydrogen (secondary N) is 1. The average Bonchev–Trinajstić information content (AvgIpc) is 3.47. The molecule has 16 heteroatoms. The molecule has 2 heterocycles. The molecule has 0 spiro atoms. The molecular weight excluding hydrogens is 740 g/mol. The van der Waals surface area contributed by atoms with Crippen LogP contribution in [0, 0.1) is 29.6 Å². The van der Waals surface area contributed by atoms with Crippen molar-refractivity contribution in [3.05, 3.63) is 41.9 Å². The van der Waals surface area contributed by atoms with Crippen LogP contribution < -0.4 is 10.1 Å². The highest BCUT2D eigenvalue weighted by Gasteiger charge is 2.57. The first-order valence-electron chi connectivity index (χ1n) is 19.0. The SMILES string of the molecule is CC1CC2CC(C)C(NC(=O)c3cnc(-c4cn(C5CCC(F)(F)CC5)c5cc(OC6CCC(C(F)(F)F)CC6)ccc45)nc3C(F)(F)F)(C(=O)O)C(C1)C2. The van der Waals surface area contributed by atoms with Gasteiger partial charge in [-0.15, -0.1) is 0 Å². The molecule has 4 aliphatic rings. The lowest BCUT2D eigenvalue weighted by Gasteiger charge is -2.52. The summed E-state index contributed by atoms with van der Waals surface area (Å²) in [5, 5.41) is 13.4. The molecule has 3 aromatic rings. The van der Waals surface area contributed by atoms with Gasteiger partial charge in [0.1, 0.15) is 11.3 Å². The van der Waals surface area contributed by atoms with Crippen molar-refractivity contribution in [1.82, 2.24) is 19.9 Å². The van der Waals surface area contributed by atoms with Gasteiger partial charge in [-0.3, -0.25) is 4.79 Å². The molecule has 0 radical (unpaired) electrons. The molecule has 4 aliphatic carbocycles. The first kappa shape index (κ1) is 39.3. The van der Waals surface area contributed by atoms with Crippen LogP contribution in [0.25, 0.3) is 22.3 Å². The highest BCUT2D eigenvalue weighted by Crippen LogP contribution is 2.51. The van der Waals surface area contributed by atoms with Crippen LogP contribution in [0.2, 0.25) is 0 Å². The van der Waals surface area contributed by atoms with Crippen molar-refractivity contribution in [3.8, 4) is 17.1 Å². The summed E-state index contributed by atoms with van der Waals surface area (Å²) < 4.78 is 120. The van der Waals surface area contributed by atoms with E-state index in [1.54, 1.807) is 29.7 Å². The van der Waals surface area contributed by atoms with Crippen LogP contribution in [0.15, 0.2) is 30.6 Å². The summed E-state index contributed by atoms with van der Waals surface area (Å²) in [4.78, 5) is 34.7. The van der Waals surface area contributed by atoms with Crippen molar-refractivity contribution < 1.29 is 54.6 Å². The van der Waals surface area contributed by atoms with Crippen molar-refractivity contribution in [1.29, 1.82) is 0 Å². The van der Waals surface area contributed by atoms with Gasteiger partial charge in [-0.2, -0.15) is 26.3 Å². The number of benzene rings is 1. The number of alkyl halides is 8. The molecule has 4 saturated carbocycles. The standard InChI is InChI=1S/C39H44F8N4O4/c1-20-13-22-15-21(2)37(35(53)54,24(14-20)16-22)50-34(52)29-18-48-33(49-32(29)39(45,46)47)30-19-51(25-9-11-36(40,41)12-10-25)31-17-27(7-8-28(30)31)55-26-5-3-23(4-6-26)38(42,43)44/h7-8,17-26H,3-6,9-16H2,1-2H3,(H,50,52)(H,53,54). The maximum Gasteiger partial charge on any atom is 0.434 e. The van der Waals surface area contributed by atoms with E-state index in [-0.39, 0.29) is 55.9 Å². The van der Waals surface area contributed by atoms with Crippen LogP contribution in [0.4, 0.5) is 35.1 Å². The maximum atomic E-state index is 14.8. The topological polar surface area (TPSA) is 106 Å². The molecule has 8 nitrogen and oxygen atoms in total. The largest absolute Gasteiger partial charge is 0.490 e. The molecule has 300 valence electrons. The number of hydrogen-bond donors (Lipinski definition) is 2. The van der Waals surface area contributed by atoms with Gasteiger partial charge >= 0.3 is 18.3 Å². The predicted octanol–water partition coefficient (Wildman–Crippen LogP) is 10.0. The second-order valence-electron chi connectivity index (χ2n) is 16.4. The molecule has 2 bridgehead atoms. The van der Waals surface area contributed by atoms with Gasteiger partial charge in [-0.05, 0) is 100 Å². The number of amides is 1. The van der Waals surface area contributed by atoms with E-state index in [0.717, 1.165) is 12.6 Å². The summed E-state index contributed by atoms with van der Waals surface area (Å²) in [5.41, 5.74) is -3.70. The molecule has 5 unspecified atom stereocenters. The second kappa shape index (κ2) is 14.2. The summed E-state index contributed by atoms with van der Waals surface area (Å²) in [6.07, 6.45) is -5.72. The zero-order valence-electron chi connectivity index (χ0n) is 30.5. The zero-order chi connectivity index (χ0) is 39.7. The average molecular weight is 785 g/mol. The van der Waals surface area contributed by atoms with Gasteiger partial charge in [0.2, 0.25) is 5.92 Å². The Morgan fingerprint density at radius 1 is 0.945 bits per heavy atom. The Kier molecular flexibility index (Phi) is 10.1. The number of rotatable bonds is 7. The number of hydrogen-bond acceptors (Lipinski definition) is 5. The second-order valence-corrected chi connectivity index (χ2v) is 16.4. The summed E-state index contributed by atoms with van der Waals surface area (Å²) in [7, 11) is 0. The molecular formula is C39H44F8N4O4. The minimum atomic E-state index is -5.15. The van der Waals surface area contributed by atoms with Crippen molar-refractivity contribution >= 4 is 22.8 Å². The molecule has 1 aromatic carbocycles. The fourth-order valence-corrected chi connectivity index (χ4v) is 10.00. The molecule has 1 amide bonds. The number of carboxylic acid groups (broad SMARTS) is 1. The summed E-state index contributed by atoms with van der Waals surface area (Å²) in [6, 6.07) is 4.24. The summed E-state index contributed by atoms with van der Waals surface area (Å²) in [5.74, 6) is -7.48. The van der Waals surface area contributed by atoms with Crippen LogP contribution in [0.5, 0.6) is 5.75 Å². The number of ether oxygens (including phenoxy) is 1. The monoisotopic (exact) mass is 784 g/mol. The third-order valence-corrected chi connectivity index (χ3v) is 12.7. The van der Waals surface area contributed by atoms with Gasteiger partial charge in [-0.1, -0.05) is 13.8 Å². The van der Waals surface area contributed by atoms with Crippen molar-refractivity contribution in [2.75, 3.05) is 0 Å². The van der Waals surface area contributed by atoms with E-state index in [1.807, 2.05) is 6.92 Å². The third-order valence-electron chi connectivity index (χ3n) is 12.7. The van der Waals surface area contributed by atoms with Crippen LogP contribution in [0.3, 0.4) is 0 Å². The normalized spacial score (nSPS) is 30.2. The fourth-order valence-electron chi connectivity index (χ4n) is 10.00. The smallest absolute Gasteiger partial charge is 0.434 e. The summed E-state index contributed by atoms with van der Waals surface area (Å²) >= 11 is 0. The van der Waals surface area contributed by atoms with E-state index in [1.165, 1.54) is 6.20 Å². The molecule has 0 aliphatic heterocycles. The van der Waals surface area contributed by atoms with E-state index in [4.69, 9.17) is 4.74 Å². The van der Waals surface area contributed by atoms with Gasteiger partial charge in [0.15, 0.2) is 11.5 Å². The van der Waals surface area contributed by atoms with E-state index in [9.17, 15) is 49.8 Å². The lowest BCUT2D eigenvalue weighted by atomic mass is 9.56. The molecule has 5 atom stereocenters.